The van der Waals surface area contributed by atoms with Crippen LogP contribution in [0.1, 0.15) is 32.3 Å². The molecular formula is C16H16N2O2S. The molecule has 0 unspecified atom stereocenters. The summed E-state index contributed by atoms with van der Waals surface area (Å²) in [5, 5.41) is 13.2. The maximum atomic E-state index is 11.1. The molecule has 4 nitrogen and oxygen atoms in total. The summed E-state index contributed by atoms with van der Waals surface area (Å²) in [6.45, 7) is 6.81. The number of benzene rings is 1. The lowest BCUT2D eigenvalue weighted by atomic mass is 10.1. The minimum atomic E-state index is -0.891. The van der Waals surface area contributed by atoms with Gasteiger partial charge in [-0.15, -0.1) is 11.3 Å². The highest BCUT2D eigenvalue weighted by molar-refractivity contribution is 7.09. The van der Waals surface area contributed by atoms with Crippen molar-refractivity contribution in [2.24, 2.45) is 0 Å². The lowest BCUT2D eigenvalue weighted by Crippen LogP contribution is -2.02. The molecule has 3 aromatic rings. The molecule has 0 radical (unpaired) electrons. The summed E-state index contributed by atoms with van der Waals surface area (Å²) in [6.07, 6.45) is 0. The fraction of sp³-hybridized carbons (Fsp3) is 0.250. The number of carbonyl (C=O) groups is 1. The molecule has 21 heavy (non-hydrogen) atoms. The topological polar surface area (TPSA) is 55.1 Å². The number of thiazole rings is 1. The van der Waals surface area contributed by atoms with Gasteiger partial charge in [0.15, 0.2) is 0 Å². The van der Waals surface area contributed by atoms with E-state index in [0.29, 0.717) is 5.56 Å². The third-order valence-corrected chi connectivity index (χ3v) is 4.80. The van der Waals surface area contributed by atoms with Crippen LogP contribution in [0, 0.1) is 20.8 Å². The van der Waals surface area contributed by atoms with Gasteiger partial charge in [0.05, 0.1) is 12.1 Å². The van der Waals surface area contributed by atoms with Crippen molar-refractivity contribution in [3.63, 3.8) is 0 Å². The van der Waals surface area contributed by atoms with Crippen LogP contribution in [0.2, 0.25) is 0 Å². The van der Waals surface area contributed by atoms with Gasteiger partial charge >= 0.3 is 5.97 Å². The normalized spacial score (nSPS) is 11.2. The number of nitrogens with zero attached hydrogens (tertiary/aromatic N) is 2. The quantitative estimate of drug-likeness (QED) is 0.801. The van der Waals surface area contributed by atoms with E-state index in [2.05, 4.69) is 16.5 Å². The van der Waals surface area contributed by atoms with Crippen LogP contribution in [0.3, 0.4) is 0 Å². The maximum absolute atomic E-state index is 11.1. The zero-order valence-corrected chi connectivity index (χ0v) is 13.0. The first-order chi connectivity index (χ1) is 9.97. The molecule has 0 aliphatic heterocycles. The van der Waals surface area contributed by atoms with Crippen molar-refractivity contribution in [3.05, 3.63) is 51.1 Å². The molecule has 1 aromatic carbocycles. The van der Waals surface area contributed by atoms with Crippen molar-refractivity contribution >= 4 is 28.2 Å². The van der Waals surface area contributed by atoms with Gasteiger partial charge in [-0.25, -0.2) is 9.78 Å². The van der Waals surface area contributed by atoms with E-state index in [1.165, 1.54) is 0 Å². The number of carboxylic acids is 1. The van der Waals surface area contributed by atoms with Crippen molar-refractivity contribution < 1.29 is 9.90 Å². The van der Waals surface area contributed by atoms with E-state index >= 15 is 0 Å². The van der Waals surface area contributed by atoms with Crippen LogP contribution in [-0.4, -0.2) is 20.6 Å². The van der Waals surface area contributed by atoms with Crippen LogP contribution >= 0.6 is 11.3 Å². The fourth-order valence-corrected chi connectivity index (χ4v) is 3.36. The first-order valence-corrected chi connectivity index (χ1v) is 7.59. The molecule has 0 atom stereocenters. The van der Waals surface area contributed by atoms with E-state index in [1.807, 2.05) is 25.3 Å². The van der Waals surface area contributed by atoms with Gasteiger partial charge in [-0.3, -0.25) is 0 Å². The molecule has 2 aromatic heterocycles. The standard InChI is InChI=1S/C16H16N2O2S/c1-9-8-21-15(17-9)7-18-11(3)10(2)13-6-12(16(19)20)4-5-14(13)18/h4-6,8H,7H2,1-3H3,(H,19,20). The Balaban J connectivity index is 2.14. The second-order valence-corrected chi connectivity index (χ2v) is 6.16. The Labute approximate surface area is 126 Å². The van der Waals surface area contributed by atoms with Gasteiger partial charge < -0.3 is 9.67 Å². The molecule has 1 N–H and O–H groups in total. The molecule has 0 fully saturated rings. The number of aromatic carboxylic acids is 1. The first-order valence-electron chi connectivity index (χ1n) is 6.71. The number of aromatic nitrogens is 2. The minimum absolute atomic E-state index is 0.327. The number of hydrogen-bond donors (Lipinski definition) is 1. The van der Waals surface area contributed by atoms with Crippen LogP contribution in [0.15, 0.2) is 23.6 Å². The second-order valence-electron chi connectivity index (χ2n) is 5.22. The van der Waals surface area contributed by atoms with Crippen molar-refractivity contribution in [2.45, 2.75) is 27.3 Å². The Morgan fingerprint density at radius 1 is 1.33 bits per heavy atom. The number of aryl methyl sites for hydroxylation is 2. The second kappa shape index (κ2) is 5.00. The summed E-state index contributed by atoms with van der Waals surface area (Å²) in [5.41, 5.74) is 4.70. The molecule has 2 heterocycles. The highest BCUT2D eigenvalue weighted by Gasteiger charge is 2.14. The van der Waals surface area contributed by atoms with E-state index in [-0.39, 0.29) is 0 Å². The number of hydrogen-bond acceptors (Lipinski definition) is 3. The lowest BCUT2D eigenvalue weighted by molar-refractivity contribution is 0.0697. The van der Waals surface area contributed by atoms with Crippen LogP contribution < -0.4 is 0 Å². The van der Waals surface area contributed by atoms with Crippen LogP contribution in [-0.2, 0) is 6.54 Å². The van der Waals surface area contributed by atoms with Crippen molar-refractivity contribution in [2.75, 3.05) is 0 Å². The summed E-state index contributed by atoms with van der Waals surface area (Å²) >= 11 is 1.65. The highest BCUT2D eigenvalue weighted by Crippen LogP contribution is 2.27. The number of carboxylic acid groups (broad SMARTS) is 1. The van der Waals surface area contributed by atoms with E-state index < -0.39 is 5.97 Å². The van der Waals surface area contributed by atoms with E-state index in [1.54, 1.807) is 23.5 Å². The minimum Gasteiger partial charge on any atom is -0.478 e. The van der Waals surface area contributed by atoms with E-state index in [4.69, 9.17) is 5.11 Å². The first kappa shape index (κ1) is 13.8. The Bertz CT molecular complexity index is 845. The predicted octanol–water partition coefficient (Wildman–Crippen LogP) is 3.77. The van der Waals surface area contributed by atoms with Gasteiger partial charge in [0, 0.05) is 27.7 Å². The van der Waals surface area contributed by atoms with E-state index in [9.17, 15) is 4.79 Å². The average molecular weight is 300 g/mol. The van der Waals surface area contributed by atoms with Gasteiger partial charge in [-0.2, -0.15) is 0 Å². The Hall–Kier alpha value is -2.14. The van der Waals surface area contributed by atoms with Gasteiger partial charge in [0.25, 0.3) is 0 Å². The van der Waals surface area contributed by atoms with Crippen LogP contribution in [0.4, 0.5) is 0 Å². The predicted molar refractivity (Wildman–Crippen MR) is 84.3 cm³/mol. The molecule has 0 aliphatic carbocycles. The summed E-state index contributed by atoms with van der Waals surface area (Å²) < 4.78 is 2.20. The molecule has 3 rings (SSSR count). The molecule has 0 bridgehead atoms. The fourth-order valence-electron chi connectivity index (χ4n) is 2.60. The van der Waals surface area contributed by atoms with Crippen molar-refractivity contribution in [1.29, 1.82) is 0 Å². The van der Waals surface area contributed by atoms with Crippen molar-refractivity contribution in [3.8, 4) is 0 Å². The summed E-state index contributed by atoms with van der Waals surface area (Å²) in [7, 11) is 0. The lowest BCUT2D eigenvalue weighted by Gasteiger charge is -2.06. The summed E-state index contributed by atoms with van der Waals surface area (Å²) in [6, 6.07) is 5.30. The summed E-state index contributed by atoms with van der Waals surface area (Å²) in [5.74, 6) is -0.891. The molecule has 0 amide bonds. The molecule has 0 spiro atoms. The van der Waals surface area contributed by atoms with Gasteiger partial charge in [-0.1, -0.05) is 0 Å². The Morgan fingerprint density at radius 3 is 2.71 bits per heavy atom. The summed E-state index contributed by atoms with van der Waals surface area (Å²) in [4.78, 5) is 15.6. The molecule has 5 heteroatoms. The zero-order chi connectivity index (χ0) is 15.1. The SMILES string of the molecule is Cc1csc(Cn2c(C)c(C)c3cc(C(=O)O)ccc32)n1. The average Bonchev–Trinajstić information content (AvgIpc) is 2.96. The zero-order valence-electron chi connectivity index (χ0n) is 12.2. The highest BCUT2D eigenvalue weighted by atomic mass is 32.1. The smallest absolute Gasteiger partial charge is 0.335 e. The number of rotatable bonds is 3. The van der Waals surface area contributed by atoms with Gasteiger partial charge in [0.1, 0.15) is 5.01 Å². The molecule has 0 saturated carbocycles. The van der Waals surface area contributed by atoms with Gasteiger partial charge in [-0.05, 0) is 44.5 Å². The third-order valence-electron chi connectivity index (χ3n) is 3.85. The number of fused-ring (bicyclic) bond motifs is 1. The maximum Gasteiger partial charge on any atom is 0.335 e. The molecule has 0 aliphatic rings. The van der Waals surface area contributed by atoms with Crippen molar-refractivity contribution in [1.82, 2.24) is 9.55 Å². The Morgan fingerprint density at radius 2 is 2.10 bits per heavy atom. The molecule has 0 saturated heterocycles. The molecule has 108 valence electrons. The third kappa shape index (κ3) is 2.34. The van der Waals surface area contributed by atoms with E-state index in [0.717, 1.165) is 39.4 Å². The van der Waals surface area contributed by atoms with Gasteiger partial charge in [0.2, 0.25) is 0 Å². The largest absolute Gasteiger partial charge is 0.478 e. The monoisotopic (exact) mass is 300 g/mol. The van der Waals surface area contributed by atoms with Crippen LogP contribution in [0.25, 0.3) is 10.9 Å². The Kier molecular flexibility index (Phi) is 3.29. The van der Waals surface area contributed by atoms with Crippen LogP contribution in [0.5, 0.6) is 0 Å². The molecular weight excluding hydrogens is 284 g/mol.